The van der Waals surface area contributed by atoms with Gasteiger partial charge < -0.3 is 4.74 Å². The first kappa shape index (κ1) is 19.6. The predicted octanol–water partition coefficient (Wildman–Crippen LogP) is 4.15. The van der Waals surface area contributed by atoms with E-state index in [1.54, 1.807) is 30.0 Å². The van der Waals surface area contributed by atoms with Crippen LogP contribution in [0.1, 0.15) is 38.2 Å². The van der Waals surface area contributed by atoms with Gasteiger partial charge >= 0.3 is 5.97 Å². The predicted molar refractivity (Wildman–Crippen MR) is 101 cm³/mol. The van der Waals surface area contributed by atoms with Crippen LogP contribution < -0.4 is 0 Å². The van der Waals surface area contributed by atoms with Gasteiger partial charge in [0.05, 0.1) is 11.5 Å². The number of nitrogens with zero attached hydrogens (tertiary/aromatic N) is 1. The van der Waals surface area contributed by atoms with Crippen LogP contribution in [0.4, 0.5) is 4.39 Å². The Labute approximate surface area is 156 Å². The smallest absolute Gasteiger partial charge is 0.305 e. The molecule has 2 rings (SSSR count). The maximum absolute atomic E-state index is 13.2. The van der Waals surface area contributed by atoms with Gasteiger partial charge in [-0.3, -0.25) is 14.5 Å². The number of hydrogen-bond donors (Lipinski definition) is 0. The first-order chi connectivity index (χ1) is 12.0. The normalized spacial score (nSPS) is 15.9. The summed E-state index contributed by atoms with van der Waals surface area (Å²) < 4.78 is 18.6. The maximum Gasteiger partial charge on any atom is 0.305 e. The number of ether oxygens (including phenoxy) is 1. The Bertz CT molecular complexity index is 691. The fraction of sp³-hybridized carbons (Fsp3) is 0.389. The second-order valence-electron chi connectivity index (χ2n) is 5.50. The molecule has 0 bridgehead atoms. The highest BCUT2D eigenvalue weighted by Crippen LogP contribution is 2.32. The van der Waals surface area contributed by atoms with Crippen LogP contribution in [0.15, 0.2) is 29.2 Å². The molecule has 1 fully saturated rings. The summed E-state index contributed by atoms with van der Waals surface area (Å²) in [5.41, 5.74) is 0.634. The molecule has 0 saturated carbocycles. The second-order valence-corrected chi connectivity index (χ2v) is 7.18. The molecular formula is C18H20FNO3S2. The van der Waals surface area contributed by atoms with Crippen LogP contribution in [-0.2, 0) is 14.3 Å². The average molecular weight is 381 g/mol. The number of benzene rings is 1. The van der Waals surface area contributed by atoms with Crippen LogP contribution in [0.5, 0.6) is 0 Å². The zero-order chi connectivity index (χ0) is 18.2. The number of thiocarbonyl (C=S) groups is 1. The average Bonchev–Trinajstić information content (AvgIpc) is 2.82. The van der Waals surface area contributed by atoms with Crippen molar-refractivity contribution in [3.05, 3.63) is 40.6 Å². The molecule has 0 aliphatic carbocycles. The Hall–Kier alpha value is -1.73. The third-order valence-corrected chi connectivity index (χ3v) is 4.97. The zero-order valence-electron chi connectivity index (χ0n) is 14.0. The molecule has 1 amide bonds. The van der Waals surface area contributed by atoms with Gasteiger partial charge in [0.2, 0.25) is 0 Å². The molecule has 0 aromatic heterocycles. The van der Waals surface area contributed by atoms with Gasteiger partial charge in [-0.2, -0.15) is 0 Å². The van der Waals surface area contributed by atoms with Crippen LogP contribution in [0.3, 0.4) is 0 Å². The molecular weight excluding hydrogens is 361 g/mol. The lowest BCUT2D eigenvalue weighted by molar-refractivity contribution is -0.143. The number of halogens is 1. The highest BCUT2D eigenvalue weighted by atomic mass is 32.2. The molecule has 1 aliphatic rings. The molecule has 0 spiro atoms. The third-order valence-electron chi connectivity index (χ3n) is 3.59. The molecule has 0 atom stereocenters. The minimum Gasteiger partial charge on any atom is -0.466 e. The first-order valence-corrected chi connectivity index (χ1v) is 9.40. The summed E-state index contributed by atoms with van der Waals surface area (Å²) in [4.78, 5) is 25.8. The topological polar surface area (TPSA) is 46.6 Å². The summed E-state index contributed by atoms with van der Waals surface area (Å²) in [6, 6.07) is 6.08. The van der Waals surface area contributed by atoms with Gasteiger partial charge in [-0.1, -0.05) is 42.5 Å². The maximum atomic E-state index is 13.2. The molecule has 1 aromatic carbocycles. The van der Waals surface area contributed by atoms with Crippen LogP contribution in [0.2, 0.25) is 0 Å². The van der Waals surface area contributed by atoms with Gasteiger partial charge in [-0.15, -0.1) is 0 Å². The molecule has 0 unspecified atom stereocenters. The molecule has 1 heterocycles. The Kier molecular flexibility index (Phi) is 7.58. The SMILES string of the molecule is CCOC(=O)CCCCCN1C(=O)/C(=C/c2cccc(F)c2)SC1=S. The molecule has 7 heteroatoms. The van der Waals surface area contributed by atoms with Crippen LogP contribution in [0.25, 0.3) is 6.08 Å². The molecule has 0 radical (unpaired) electrons. The van der Waals surface area contributed by atoms with Crippen molar-refractivity contribution in [2.75, 3.05) is 13.2 Å². The minimum absolute atomic E-state index is 0.148. The largest absolute Gasteiger partial charge is 0.466 e. The van der Waals surface area contributed by atoms with Gasteiger partial charge in [0.1, 0.15) is 10.1 Å². The lowest BCUT2D eigenvalue weighted by Crippen LogP contribution is -2.29. The van der Waals surface area contributed by atoms with E-state index in [-0.39, 0.29) is 17.7 Å². The molecule has 1 saturated heterocycles. The van der Waals surface area contributed by atoms with Crippen molar-refractivity contribution in [3.63, 3.8) is 0 Å². The van der Waals surface area contributed by atoms with E-state index in [4.69, 9.17) is 17.0 Å². The zero-order valence-corrected chi connectivity index (χ0v) is 15.6. The number of thioether (sulfide) groups is 1. The molecule has 134 valence electrons. The van der Waals surface area contributed by atoms with E-state index in [1.165, 1.54) is 23.9 Å². The quantitative estimate of drug-likeness (QED) is 0.293. The Morgan fingerprint density at radius 2 is 2.16 bits per heavy atom. The number of carbonyl (C=O) groups is 2. The van der Waals surface area contributed by atoms with E-state index in [2.05, 4.69) is 0 Å². The Morgan fingerprint density at radius 1 is 1.36 bits per heavy atom. The van der Waals surface area contributed by atoms with Crippen molar-refractivity contribution in [1.29, 1.82) is 0 Å². The van der Waals surface area contributed by atoms with Crippen LogP contribution >= 0.6 is 24.0 Å². The minimum atomic E-state index is -0.342. The molecule has 4 nitrogen and oxygen atoms in total. The van der Waals surface area contributed by atoms with Crippen molar-refractivity contribution in [3.8, 4) is 0 Å². The summed E-state index contributed by atoms with van der Waals surface area (Å²) in [5, 5.41) is 0. The Morgan fingerprint density at radius 3 is 2.88 bits per heavy atom. The second kappa shape index (κ2) is 9.68. The summed E-state index contributed by atoms with van der Waals surface area (Å²) >= 11 is 6.50. The summed E-state index contributed by atoms with van der Waals surface area (Å²) in [5.74, 6) is -0.679. The summed E-state index contributed by atoms with van der Waals surface area (Å²) in [6.45, 7) is 2.70. The van der Waals surface area contributed by atoms with Crippen molar-refractivity contribution in [2.24, 2.45) is 0 Å². The van der Waals surface area contributed by atoms with E-state index in [0.29, 0.717) is 34.4 Å². The number of amides is 1. The molecule has 25 heavy (non-hydrogen) atoms. The van der Waals surface area contributed by atoms with Gasteiger partial charge in [-0.05, 0) is 43.5 Å². The lowest BCUT2D eigenvalue weighted by atomic mass is 10.2. The van der Waals surface area contributed by atoms with E-state index >= 15 is 0 Å². The van der Waals surface area contributed by atoms with E-state index in [9.17, 15) is 14.0 Å². The molecule has 1 aromatic rings. The highest BCUT2D eigenvalue weighted by Gasteiger charge is 2.31. The van der Waals surface area contributed by atoms with Crippen molar-refractivity contribution in [1.82, 2.24) is 4.90 Å². The lowest BCUT2D eigenvalue weighted by Gasteiger charge is -2.13. The fourth-order valence-corrected chi connectivity index (χ4v) is 3.70. The van der Waals surface area contributed by atoms with Gasteiger partial charge in [0, 0.05) is 13.0 Å². The van der Waals surface area contributed by atoms with Crippen molar-refractivity contribution < 1.29 is 18.7 Å². The van der Waals surface area contributed by atoms with E-state index in [1.807, 2.05) is 0 Å². The van der Waals surface area contributed by atoms with Crippen LogP contribution in [0, 0.1) is 5.82 Å². The molecule has 1 aliphatic heterocycles. The number of unbranched alkanes of at least 4 members (excludes halogenated alkanes) is 2. The van der Waals surface area contributed by atoms with Gasteiger partial charge in [-0.25, -0.2) is 4.39 Å². The third kappa shape index (κ3) is 5.93. The fourth-order valence-electron chi connectivity index (χ4n) is 2.39. The van der Waals surface area contributed by atoms with Gasteiger partial charge in [0.25, 0.3) is 5.91 Å². The van der Waals surface area contributed by atoms with Crippen LogP contribution in [-0.4, -0.2) is 34.2 Å². The van der Waals surface area contributed by atoms with E-state index < -0.39 is 0 Å². The van der Waals surface area contributed by atoms with Gasteiger partial charge in [0.15, 0.2) is 0 Å². The van der Waals surface area contributed by atoms with Crippen molar-refractivity contribution >= 4 is 46.3 Å². The monoisotopic (exact) mass is 381 g/mol. The van der Waals surface area contributed by atoms with Crippen molar-refractivity contribution in [2.45, 2.75) is 32.6 Å². The first-order valence-electron chi connectivity index (χ1n) is 8.18. The number of esters is 1. The standard InChI is InChI=1S/C18H20FNO3S2/c1-2-23-16(21)9-4-3-5-10-20-17(22)15(25-18(20)24)12-13-7-6-8-14(19)11-13/h6-8,11-12H,2-5,9-10H2,1H3/b15-12-. The highest BCUT2D eigenvalue weighted by molar-refractivity contribution is 8.26. The summed E-state index contributed by atoms with van der Waals surface area (Å²) in [6.07, 6.45) is 4.36. The van der Waals surface area contributed by atoms with E-state index in [0.717, 1.165) is 19.3 Å². The molecule has 0 N–H and O–H groups in total. The Balaban J connectivity index is 1.84. The summed E-state index contributed by atoms with van der Waals surface area (Å²) in [7, 11) is 0. The number of rotatable bonds is 8. The number of carbonyl (C=O) groups excluding carboxylic acids is 2. The number of hydrogen-bond acceptors (Lipinski definition) is 5.